The summed E-state index contributed by atoms with van der Waals surface area (Å²) in [5.41, 5.74) is 9.41. The number of anilines is 3. The number of fused-ring (bicyclic) bond motifs is 2. The van der Waals surface area contributed by atoms with Crippen LogP contribution in [0.4, 0.5) is 21.9 Å². The molecule has 3 heterocycles. The fraction of sp³-hybridized carbons (Fsp3) is 0.407. The zero-order valence-electron chi connectivity index (χ0n) is 41.6. The van der Waals surface area contributed by atoms with E-state index in [0.29, 0.717) is 29.0 Å². The van der Waals surface area contributed by atoms with Gasteiger partial charge in [0.25, 0.3) is 15.9 Å². The van der Waals surface area contributed by atoms with Crippen molar-refractivity contribution in [2.75, 3.05) is 88.5 Å². The third-order valence-corrected chi connectivity index (χ3v) is 15.9. The highest BCUT2D eigenvalue weighted by molar-refractivity contribution is 7.99. The van der Waals surface area contributed by atoms with Gasteiger partial charge in [0, 0.05) is 97.4 Å². The summed E-state index contributed by atoms with van der Waals surface area (Å²) >= 11 is 8.05. The van der Waals surface area contributed by atoms with Gasteiger partial charge in [0.15, 0.2) is 0 Å². The SMILES string of the molecule is CONc1cc(S(=O)(=O)NC(=O)c2ccc(N3CCN(Cc4cc(CN5CC6CC5CN6C(=O)OC(C)(C)C)ccc4-c4ccc(Cl)cc4)CC3)cc2)ccc1NC(CCN(C)C)CSc1ccccc1. The summed E-state index contributed by atoms with van der Waals surface area (Å²) in [6.45, 7) is 12.9. The molecule has 3 atom stereocenters. The van der Waals surface area contributed by atoms with E-state index in [0.717, 1.165) is 82.2 Å². The van der Waals surface area contributed by atoms with Crippen molar-refractivity contribution < 1.29 is 27.6 Å². The van der Waals surface area contributed by atoms with E-state index in [4.69, 9.17) is 21.2 Å². The first kappa shape index (κ1) is 52.0. The van der Waals surface area contributed by atoms with Crippen molar-refractivity contribution >= 4 is 62.4 Å². The Bertz CT molecular complexity index is 2720. The maximum atomic E-state index is 13.7. The molecule has 0 aromatic heterocycles. The average molecular weight is 1020 g/mol. The minimum Gasteiger partial charge on any atom is -0.444 e. The van der Waals surface area contributed by atoms with Gasteiger partial charge in [-0.05, 0) is 143 Å². The second-order valence-corrected chi connectivity index (χ2v) is 23.1. The molecular formula is C54H67ClN8O6S2. The molecule has 71 heavy (non-hydrogen) atoms. The number of likely N-dealkylation sites (tertiary alicyclic amines) is 2. The molecule has 3 fully saturated rings. The monoisotopic (exact) mass is 1020 g/mol. The third-order valence-electron chi connectivity index (χ3n) is 13.2. The lowest BCUT2D eigenvalue weighted by molar-refractivity contribution is 0.0123. The predicted molar refractivity (Wildman–Crippen MR) is 286 cm³/mol. The Morgan fingerprint density at radius 1 is 0.845 bits per heavy atom. The van der Waals surface area contributed by atoms with E-state index < -0.39 is 21.5 Å². The molecule has 3 saturated heterocycles. The van der Waals surface area contributed by atoms with Gasteiger partial charge in [0.2, 0.25) is 0 Å². The van der Waals surface area contributed by atoms with Gasteiger partial charge in [-0.3, -0.25) is 24.9 Å². The molecule has 0 radical (unpaired) electrons. The van der Waals surface area contributed by atoms with Gasteiger partial charge in [-0.15, -0.1) is 11.8 Å². The predicted octanol–water partition coefficient (Wildman–Crippen LogP) is 9.14. The van der Waals surface area contributed by atoms with Crippen LogP contribution in [-0.2, 0) is 32.7 Å². The Kier molecular flexibility index (Phi) is 16.9. The van der Waals surface area contributed by atoms with E-state index in [1.165, 1.54) is 40.8 Å². The van der Waals surface area contributed by atoms with Gasteiger partial charge in [-0.25, -0.2) is 17.9 Å². The largest absolute Gasteiger partial charge is 0.444 e. The number of thioether (sulfide) groups is 1. The molecule has 0 saturated carbocycles. The summed E-state index contributed by atoms with van der Waals surface area (Å²) in [5, 5.41) is 4.29. The number of halogens is 1. The van der Waals surface area contributed by atoms with Crippen LogP contribution in [0.5, 0.6) is 0 Å². The topological polar surface area (TPSA) is 139 Å². The number of nitrogens with one attached hydrogen (secondary N) is 3. The number of carbonyl (C=O) groups is 2. The smallest absolute Gasteiger partial charge is 0.410 e. The number of nitrogens with zero attached hydrogens (tertiary/aromatic N) is 5. The average Bonchev–Trinajstić information content (AvgIpc) is 3.95. The molecule has 2 bridgehead atoms. The highest BCUT2D eigenvalue weighted by atomic mass is 35.5. The molecule has 378 valence electrons. The zero-order valence-corrected chi connectivity index (χ0v) is 44.0. The number of benzene rings is 5. The van der Waals surface area contributed by atoms with Crippen molar-refractivity contribution in [2.45, 2.75) is 80.2 Å². The van der Waals surface area contributed by atoms with E-state index in [2.05, 4.69) is 77.6 Å². The molecule has 3 aliphatic heterocycles. The molecule has 5 aromatic carbocycles. The van der Waals surface area contributed by atoms with Gasteiger partial charge >= 0.3 is 6.09 Å². The maximum absolute atomic E-state index is 13.7. The first-order chi connectivity index (χ1) is 34.0. The lowest BCUT2D eigenvalue weighted by Gasteiger charge is -2.37. The molecule has 3 aliphatic rings. The van der Waals surface area contributed by atoms with Crippen LogP contribution < -0.4 is 20.4 Å². The quantitative estimate of drug-likeness (QED) is 0.0536. The molecule has 14 nitrogen and oxygen atoms in total. The molecule has 2 amide bonds. The minimum absolute atomic E-state index is 0.0656. The van der Waals surface area contributed by atoms with Gasteiger partial charge in [-0.2, -0.15) is 0 Å². The second kappa shape index (κ2) is 23.0. The van der Waals surface area contributed by atoms with Crippen LogP contribution in [0.15, 0.2) is 125 Å². The molecule has 0 aliphatic carbocycles. The summed E-state index contributed by atoms with van der Waals surface area (Å²) in [5.74, 6) is 0.0737. The first-order valence-electron chi connectivity index (χ1n) is 24.3. The lowest BCUT2D eigenvalue weighted by atomic mass is 9.96. The standard InChI is InChI=1S/C54H67ClN8O6S2/c1-54(2,3)69-53(65)63-36-45-31-46(63)35-62(45)33-38-12-22-49(39-13-17-42(55)18-14-39)41(30-38)34-60-26-28-61(29-27-60)44-19-15-40(16-20-44)52(64)58-71(66,67)48-21-23-50(51(32-48)57-68-6)56-43(24-25-59(4)5)37-70-47-10-8-7-9-11-47/h7-23,30,32,43,45-46,56-57H,24-29,31,33-37H2,1-6H3,(H,58,64). The maximum Gasteiger partial charge on any atom is 0.410 e. The summed E-state index contributed by atoms with van der Waals surface area (Å²) in [4.78, 5) is 44.0. The van der Waals surface area contributed by atoms with E-state index in [1.807, 2.05) is 82.2 Å². The van der Waals surface area contributed by atoms with E-state index in [-0.39, 0.29) is 28.6 Å². The number of rotatable bonds is 19. The van der Waals surface area contributed by atoms with Crippen LogP contribution in [-0.4, -0.2) is 137 Å². The zero-order chi connectivity index (χ0) is 50.3. The third kappa shape index (κ3) is 13.8. The fourth-order valence-corrected chi connectivity index (χ4v) is 11.7. The number of amides is 2. The van der Waals surface area contributed by atoms with Gasteiger partial charge in [-0.1, -0.05) is 60.1 Å². The Morgan fingerprint density at radius 3 is 2.24 bits per heavy atom. The van der Waals surface area contributed by atoms with Crippen LogP contribution in [0.2, 0.25) is 5.02 Å². The first-order valence-corrected chi connectivity index (χ1v) is 27.1. The molecule has 0 spiro atoms. The van der Waals surface area contributed by atoms with E-state index in [9.17, 15) is 18.0 Å². The lowest BCUT2D eigenvalue weighted by Crippen LogP contribution is -2.49. The number of sulfonamides is 1. The fourth-order valence-electron chi connectivity index (χ4n) is 9.53. The summed E-state index contributed by atoms with van der Waals surface area (Å²) in [7, 11) is 1.30. The minimum atomic E-state index is -4.24. The van der Waals surface area contributed by atoms with Gasteiger partial charge in [0.1, 0.15) is 5.60 Å². The Labute approximate surface area is 429 Å². The van der Waals surface area contributed by atoms with Crippen molar-refractivity contribution in [2.24, 2.45) is 0 Å². The molecule has 3 N–H and O–H groups in total. The van der Waals surface area contributed by atoms with E-state index in [1.54, 1.807) is 30.0 Å². The van der Waals surface area contributed by atoms with Gasteiger partial charge in [0.05, 0.1) is 23.4 Å². The van der Waals surface area contributed by atoms with Crippen molar-refractivity contribution in [3.8, 4) is 11.1 Å². The Hall–Kier alpha value is -5.33. The normalized spacial score (nSPS) is 17.9. The van der Waals surface area contributed by atoms with Gasteiger partial charge < -0.3 is 24.8 Å². The summed E-state index contributed by atoms with van der Waals surface area (Å²) < 4.78 is 35.3. The summed E-state index contributed by atoms with van der Waals surface area (Å²) in [6, 6.07) is 37.3. The molecule has 3 unspecified atom stereocenters. The van der Waals surface area contributed by atoms with Crippen LogP contribution in [0.25, 0.3) is 11.1 Å². The molecule has 17 heteroatoms. The van der Waals surface area contributed by atoms with Crippen molar-refractivity contribution in [3.05, 3.63) is 137 Å². The highest BCUT2D eigenvalue weighted by Gasteiger charge is 2.46. The van der Waals surface area contributed by atoms with Crippen LogP contribution in [0.1, 0.15) is 55.1 Å². The number of carbonyl (C=O) groups excluding carboxylic acids is 2. The van der Waals surface area contributed by atoms with Crippen LogP contribution >= 0.6 is 23.4 Å². The number of hydrogen-bond acceptors (Lipinski definition) is 13. The van der Waals surface area contributed by atoms with Crippen LogP contribution in [0.3, 0.4) is 0 Å². The van der Waals surface area contributed by atoms with E-state index >= 15 is 0 Å². The number of ether oxygens (including phenoxy) is 1. The van der Waals surface area contributed by atoms with Crippen molar-refractivity contribution in [1.29, 1.82) is 0 Å². The molecular weight excluding hydrogens is 956 g/mol. The highest BCUT2D eigenvalue weighted by Crippen LogP contribution is 2.35. The second-order valence-electron chi connectivity index (χ2n) is 19.9. The van der Waals surface area contributed by atoms with Crippen molar-refractivity contribution in [1.82, 2.24) is 24.3 Å². The number of piperazine rings is 2. The summed E-state index contributed by atoms with van der Waals surface area (Å²) in [6.07, 6.45) is 1.60. The Balaban J connectivity index is 0.872. The van der Waals surface area contributed by atoms with Crippen LogP contribution in [0, 0.1) is 0 Å². The van der Waals surface area contributed by atoms with Crippen molar-refractivity contribution in [3.63, 3.8) is 0 Å². The Morgan fingerprint density at radius 2 is 1.58 bits per heavy atom. The molecule has 8 rings (SSSR count). The number of hydrogen-bond donors (Lipinski definition) is 3. The molecule has 5 aromatic rings.